The highest BCUT2D eigenvalue weighted by Gasteiger charge is 2.29. The Morgan fingerprint density at radius 1 is 1.19 bits per heavy atom. The summed E-state index contributed by atoms with van der Waals surface area (Å²) in [5.74, 6) is 0.822. The normalized spacial score (nSPS) is 21.1. The molecule has 1 amide bonds. The molecule has 0 N–H and O–H groups in total. The van der Waals surface area contributed by atoms with Gasteiger partial charge in [0.05, 0.1) is 25.4 Å². The van der Waals surface area contributed by atoms with Crippen LogP contribution in [0.15, 0.2) is 24.3 Å². The minimum atomic E-state index is 0. The first-order valence-corrected chi connectivity index (χ1v) is 9.62. The lowest BCUT2D eigenvalue weighted by atomic mass is 9.97. The number of ether oxygens (including phenoxy) is 2. The summed E-state index contributed by atoms with van der Waals surface area (Å²) in [6.45, 7) is 8.10. The van der Waals surface area contributed by atoms with Crippen molar-refractivity contribution in [2.45, 2.75) is 38.6 Å². The summed E-state index contributed by atoms with van der Waals surface area (Å²) in [6, 6.07) is 7.96. The minimum Gasteiger partial charge on any atom is -0.493 e. The van der Waals surface area contributed by atoms with Crippen molar-refractivity contribution in [3.05, 3.63) is 29.8 Å². The van der Waals surface area contributed by atoms with Gasteiger partial charge in [0.1, 0.15) is 5.75 Å². The van der Waals surface area contributed by atoms with Crippen LogP contribution in [0.1, 0.15) is 43.0 Å². The predicted octanol–water partition coefficient (Wildman–Crippen LogP) is 3.22. The molecule has 0 bridgehead atoms. The molecule has 2 aliphatic rings. The Hall–Kier alpha value is -1.30. The highest BCUT2D eigenvalue weighted by atomic mass is 35.5. The van der Waals surface area contributed by atoms with Crippen molar-refractivity contribution < 1.29 is 14.3 Å². The number of hydrogen-bond donors (Lipinski definition) is 0. The maximum atomic E-state index is 13.2. The van der Waals surface area contributed by atoms with Crippen LogP contribution in [0.3, 0.4) is 0 Å². The number of para-hydroxylation sites is 1. The van der Waals surface area contributed by atoms with Gasteiger partial charge in [-0.25, -0.2) is 0 Å². The number of amides is 1. The number of benzene rings is 1. The predicted molar refractivity (Wildman–Crippen MR) is 105 cm³/mol. The third kappa shape index (κ3) is 5.35. The molecule has 1 aromatic rings. The highest BCUT2D eigenvalue weighted by molar-refractivity contribution is 5.97. The molecule has 3 rings (SSSR count). The van der Waals surface area contributed by atoms with Gasteiger partial charge in [0, 0.05) is 32.2 Å². The second-order valence-electron chi connectivity index (χ2n) is 6.82. The Morgan fingerprint density at radius 3 is 2.73 bits per heavy atom. The van der Waals surface area contributed by atoms with Crippen molar-refractivity contribution in [2.75, 3.05) is 46.0 Å². The minimum absolute atomic E-state index is 0. The van der Waals surface area contributed by atoms with Crippen LogP contribution in [0, 0.1) is 0 Å². The standard InChI is InChI=1S/C20H30N2O3.ClH/c1-2-25-19-9-4-3-8-18(19)20(23)22-11-6-5-7-17(22)10-12-21-13-15-24-16-14-21;/h3-4,8-9,17H,2,5-7,10-16H2,1H3;1H. The summed E-state index contributed by atoms with van der Waals surface area (Å²) in [5, 5.41) is 0. The molecule has 1 unspecified atom stereocenters. The molecule has 1 aromatic carbocycles. The van der Waals surface area contributed by atoms with E-state index in [1.54, 1.807) is 0 Å². The van der Waals surface area contributed by atoms with Crippen molar-refractivity contribution in [3.8, 4) is 5.75 Å². The summed E-state index contributed by atoms with van der Waals surface area (Å²) in [4.78, 5) is 17.7. The molecule has 2 fully saturated rings. The zero-order valence-corrected chi connectivity index (χ0v) is 16.5. The third-order valence-electron chi connectivity index (χ3n) is 5.19. The van der Waals surface area contributed by atoms with E-state index in [-0.39, 0.29) is 18.3 Å². The van der Waals surface area contributed by atoms with Crippen LogP contribution in [0.2, 0.25) is 0 Å². The molecule has 0 spiro atoms. The molecule has 2 aliphatic heterocycles. The van der Waals surface area contributed by atoms with Gasteiger partial charge in [-0.1, -0.05) is 12.1 Å². The number of likely N-dealkylation sites (tertiary alicyclic amines) is 1. The molecular weight excluding hydrogens is 352 g/mol. The maximum Gasteiger partial charge on any atom is 0.257 e. The quantitative estimate of drug-likeness (QED) is 0.757. The van der Waals surface area contributed by atoms with Crippen LogP contribution >= 0.6 is 12.4 Å². The Labute approximate surface area is 163 Å². The lowest BCUT2D eigenvalue weighted by Crippen LogP contribution is -2.46. The number of rotatable bonds is 6. The van der Waals surface area contributed by atoms with Gasteiger partial charge in [-0.3, -0.25) is 9.69 Å². The first-order chi connectivity index (χ1) is 12.3. The van der Waals surface area contributed by atoms with E-state index in [0.29, 0.717) is 24.0 Å². The summed E-state index contributed by atoms with van der Waals surface area (Å²) >= 11 is 0. The molecule has 2 saturated heterocycles. The largest absolute Gasteiger partial charge is 0.493 e. The molecule has 0 aliphatic carbocycles. The van der Waals surface area contributed by atoms with E-state index in [1.165, 1.54) is 6.42 Å². The fourth-order valence-corrected chi connectivity index (χ4v) is 3.80. The second-order valence-corrected chi connectivity index (χ2v) is 6.82. The van der Waals surface area contributed by atoms with Gasteiger partial charge in [-0.15, -0.1) is 12.4 Å². The summed E-state index contributed by atoms with van der Waals surface area (Å²) in [5.41, 5.74) is 0.697. The number of hydrogen-bond acceptors (Lipinski definition) is 4. The molecule has 0 saturated carbocycles. The van der Waals surface area contributed by atoms with Crippen LogP contribution in [0.4, 0.5) is 0 Å². The van der Waals surface area contributed by atoms with Crippen LogP contribution in [0.5, 0.6) is 5.75 Å². The van der Waals surface area contributed by atoms with Crippen molar-refractivity contribution in [1.82, 2.24) is 9.80 Å². The van der Waals surface area contributed by atoms with E-state index in [2.05, 4.69) is 9.80 Å². The van der Waals surface area contributed by atoms with Gasteiger partial charge >= 0.3 is 0 Å². The van der Waals surface area contributed by atoms with Gasteiger partial charge in [0.2, 0.25) is 0 Å². The second kappa shape index (κ2) is 10.8. The molecule has 146 valence electrons. The number of piperidine rings is 1. The van der Waals surface area contributed by atoms with Gasteiger partial charge in [-0.05, 0) is 44.7 Å². The monoisotopic (exact) mass is 382 g/mol. The first-order valence-electron chi connectivity index (χ1n) is 9.62. The van der Waals surface area contributed by atoms with Crippen LogP contribution in [-0.4, -0.2) is 67.7 Å². The zero-order chi connectivity index (χ0) is 17.5. The van der Waals surface area contributed by atoms with Crippen LogP contribution in [0.25, 0.3) is 0 Å². The van der Waals surface area contributed by atoms with Crippen molar-refractivity contribution in [3.63, 3.8) is 0 Å². The van der Waals surface area contributed by atoms with Crippen molar-refractivity contribution in [2.24, 2.45) is 0 Å². The summed E-state index contributed by atoms with van der Waals surface area (Å²) < 4.78 is 11.1. The number of carbonyl (C=O) groups is 1. The number of nitrogens with zero attached hydrogens (tertiary/aromatic N) is 2. The number of halogens is 1. The van der Waals surface area contributed by atoms with E-state index in [1.807, 2.05) is 31.2 Å². The molecule has 1 atom stereocenters. The third-order valence-corrected chi connectivity index (χ3v) is 5.19. The number of carbonyl (C=O) groups excluding carboxylic acids is 1. The van der Waals surface area contributed by atoms with Gasteiger partial charge in [0.25, 0.3) is 5.91 Å². The van der Waals surface area contributed by atoms with E-state index >= 15 is 0 Å². The Balaban J connectivity index is 0.00000243. The molecule has 0 aromatic heterocycles. The average Bonchev–Trinajstić information content (AvgIpc) is 2.68. The van der Waals surface area contributed by atoms with E-state index in [4.69, 9.17) is 9.47 Å². The molecule has 0 radical (unpaired) electrons. The Morgan fingerprint density at radius 2 is 1.96 bits per heavy atom. The van der Waals surface area contributed by atoms with E-state index in [9.17, 15) is 4.79 Å². The van der Waals surface area contributed by atoms with E-state index in [0.717, 1.165) is 58.7 Å². The topological polar surface area (TPSA) is 42.0 Å². The number of morpholine rings is 1. The van der Waals surface area contributed by atoms with Gasteiger partial charge in [-0.2, -0.15) is 0 Å². The van der Waals surface area contributed by atoms with Gasteiger partial charge < -0.3 is 14.4 Å². The summed E-state index contributed by atoms with van der Waals surface area (Å²) in [6.07, 6.45) is 4.46. The smallest absolute Gasteiger partial charge is 0.257 e. The molecule has 5 nitrogen and oxygen atoms in total. The molecule has 6 heteroatoms. The van der Waals surface area contributed by atoms with E-state index < -0.39 is 0 Å². The molecular formula is C20H31ClN2O3. The van der Waals surface area contributed by atoms with Crippen LogP contribution in [-0.2, 0) is 4.74 Å². The fourth-order valence-electron chi connectivity index (χ4n) is 3.80. The fraction of sp³-hybridized carbons (Fsp3) is 0.650. The zero-order valence-electron chi connectivity index (χ0n) is 15.7. The van der Waals surface area contributed by atoms with Gasteiger partial charge in [0.15, 0.2) is 0 Å². The molecule has 26 heavy (non-hydrogen) atoms. The molecule has 2 heterocycles. The maximum absolute atomic E-state index is 13.2. The van der Waals surface area contributed by atoms with Crippen molar-refractivity contribution in [1.29, 1.82) is 0 Å². The Bertz CT molecular complexity index is 564. The SMILES string of the molecule is CCOc1ccccc1C(=O)N1CCCCC1CCN1CCOCC1.Cl. The Kier molecular flexibility index (Phi) is 8.69. The van der Waals surface area contributed by atoms with Crippen LogP contribution < -0.4 is 4.74 Å². The highest BCUT2D eigenvalue weighted by Crippen LogP contribution is 2.26. The van der Waals surface area contributed by atoms with Crippen molar-refractivity contribution >= 4 is 18.3 Å². The lowest BCUT2D eigenvalue weighted by Gasteiger charge is -2.37. The average molecular weight is 383 g/mol. The summed E-state index contributed by atoms with van der Waals surface area (Å²) in [7, 11) is 0. The lowest BCUT2D eigenvalue weighted by molar-refractivity contribution is 0.0295. The first kappa shape index (κ1) is 21.0.